The molecular weight excluding hydrogens is 461 g/mol. The van der Waals surface area contributed by atoms with Crippen molar-refractivity contribution in [2.45, 2.75) is 13.0 Å². The number of β-amino-alcohol motifs (C(OH)–C–C–N with tert-alkyl or cyclic N) is 1. The molecule has 0 saturated carbocycles. The second-order valence-corrected chi connectivity index (χ2v) is 8.66. The summed E-state index contributed by atoms with van der Waals surface area (Å²) in [6.45, 7) is 5.58. The van der Waals surface area contributed by atoms with E-state index in [1.165, 1.54) is 13.2 Å². The van der Waals surface area contributed by atoms with Crippen molar-refractivity contribution in [3.8, 4) is 34.2 Å². The van der Waals surface area contributed by atoms with E-state index in [0.29, 0.717) is 29.8 Å². The molecule has 0 radical (unpaired) electrons. The second-order valence-electron chi connectivity index (χ2n) is 8.66. The highest BCUT2D eigenvalue weighted by Gasteiger charge is 2.24. The zero-order chi connectivity index (χ0) is 25.1. The Balaban J connectivity index is 1.39. The molecule has 0 spiro atoms. The number of aliphatic hydroxyl groups excluding tert-OH is 1. The van der Waals surface area contributed by atoms with Crippen molar-refractivity contribution in [1.82, 2.24) is 29.6 Å². The van der Waals surface area contributed by atoms with Crippen LogP contribution in [0.2, 0.25) is 0 Å². The van der Waals surface area contributed by atoms with Gasteiger partial charge >= 0.3 is 0 Å². The summed E-state index contributed by atoms with van der Waals surface area (Å²) in [6.07, 6.45) is 5.14. The molecule has 3 aromatic heterocycles. The van der Waals surface area contributed by atoms with E-state index < -0.39 is 5.82 Å². The molecule has 0 unspecified atom stereocenters. The van der Waals surface area contributed by atoms with Crippen LogP contribution in [-0.4, -0.2) is 80.7 Å². The van der Waals surface area contributed by atoms with Gasteiger partial charge in [0.2, 0.25) is 0 Å². The first-order valence-corrected chi connectivity index (χ1v) is 11.9. The third-order valence-corrected chi connectivity index (χ3v) is 6.38. The van der Waals surface area contributed by atoms with Crippen molar-refractivity contribution in [1.29, 1.82) is 0 Å². The van der Waals surface area contributed by atoms with Gasteiger partial charge in [0.25, 0.3) is 0 Å². The number of hydrogen-bond donors (Lipinski definition) is 1. The van der Waals surface area contributed by atoms with Crippen molar-refractivity contribution in [3.05, 3.63) is 66.9 Å². The zero-order valence-corrected chi connectivity index (χ0v) is 20.3. The van der Waals surface area contributed by atoms with E-state index in [4.69, 9.17) is 9.72 Å². The number of aromatic nitrogens is 5. The lowest BCUT2D eigenvalue weighted by atomic mass is 10.1. The minimum absolute atomic E-state index is 0.168. The summed E-state index contributed by atoms with van der Waals surface area (Å²) in [7, 11) is 1.49. The van der Waals surface area contributed by atoms with Crippen LogP contribution in [0, 0.1) is 5.82 Å². The standard InChI is InChI=1S/C26H28FN7O2/c1-18-16-33(12-11-32(18)13-14-35)23-7-4-8-24(31-23)34-17-19(15-29-34)21-9-10-28-26(30-21)25-20(27)5-3-6-22(25)36-2/h3-10,15,17-18,35H,11-14,16H2,1-2H3/t18-/m0/s1. The molecule has 1 saturated heterocycles. The van der Waals surface area contributed by atoms with Gasteiger partial charge in [0, 0.05) is 50.2 Å². The Kier molecular flexibility index (Phi) is 6.88. The van der Waals surface area contributed by atoms with Crippen LogP contribution in [0.5, 0.6) is 5.75 Å². The summed E-state index contributed by atoms with van der Waals surface area (Å²) in [4.78, 5) is 18.2. The molecule has 4 heterocycles. The van der Waals surface area contributed by atoms with Crippen LogP contribution in [0.25, 0.3) is 28.5 Å². The first-order valence-electron chi connectivity index (χ1n) is 11.9. The summed E-state index contributed by atoms with van der Waals surface area (Å²) < 4.78 is 21.6. The van der Waals surface area contributed by atoms with E-state index in [-0.39, 0.29) is 18.0 Å². The Morgan fingerprint density at radius 2 is 1.92 bits per heavy atom. The lowest BCUT2D eigenvalue weighted by Crippen LogP contribution is -2.52. The summed E-state index contributed by atoms with van der Waals surface area (Å²) in [6, 6.07) is 12.6. The van der Waals surface area contributed by atoms with Crippen LogP contribution >= 0.6 is 0 Å². The third-order valence-electron chi connectivity index (χ3n) is 6.38. The Labute approximate surface area is 208 Å². The highest BCUT2D eigenvalue weighted by molar-refractivity contribution is 5.68. The van der Waals surface area contributed by atoms with Crippen molar-refractivity contribution in [2.24, 2.45) is 0 Å². The minimum atomic E-state index is -0.449. The van der Waals surface area contributed by atoms with Gasteiger partial charge in [0.05, 0.1) is 31.2 Å². The minimum Gasteiger partial charge on any atom is -0.496 e. The molecule has 1 atom stereocenters. The maximum absolute atomic E-state index is 14.6. The zero-order valence-electron chi connectivity index (χ0n) is 20.3. The molecule has 4 aromatic rings. The lowest BCUT2D eigenvalue weighted by molar-refractivity contribution is 0.146. The van der Waals surface area contributed by atoms with Gasteiger partial charge in [-0.3, -0.25) is 4.90 Å². The van der Waals surface area contributed by atoms with E-state index in [1.807, 2.05) is 24.4 Å². The lowest BCUT2D eigenvalue weighted by Gasteiger charge is -2.40. The van der Waals surface area contributed by atoms with Gasteiger partial charge in [0.15, 0.2) is 11.6 Å². The van der Waals surface area contributed by atoms with Gasteiger partial charge in [0.1, 0.15) is 17.4 Å². The van der Waals surface area contributed by atoms with Crippen LogP contribution in [0.1, 0.15) is 6.92 Å². The number of pyridine rings is 1. The fraction of sp³-hybridized carbons (Fsp3) is 0.308. The van der Waals surface area contributed by atoms with E-state index in [2.05, 4.69) is 31.8 Å². The highest BCUT2D eigenvalue weighted by Crippen LogP contribution is 2.31. The van der Waals surface area contributed by atoms with Gasteiger partial charge < -0.3 is 14.7 Å². The Morgan fingerprint density at radius 1 is 1.08 bits per heavy atom. The Morgan fingerprint density at radius 3 is 2.72 bits per heavy atom. The van der Waals surface area contributed by atoms with Crippen LogP contribution in [0.3, 0.4) is 0 Å². The molecular formula is C26H28FN7O2. The molecule has 5 rings (SSSR count). The third kappa shape index (κ3) is 4.77. The number of rotatable bonds is 7. The van der Waals surface area contributed by atoms with Gasteiger partial charge in [-0.2, -0.15) is 5.10 Å². The smallest absolute Gasteiger partial charge is 0.166 e. The molecule has 1 N–H and O–H groups in total. The van der Waals surface area contributed by atoms with E-state index in [0.717, 1.165) is 31.0 Å². The predicted octanol–water partition coefficient (Wildman–Crippen LogP) is 3.04. The first-order chi connectivity index (χ1) is 17.6. The molecule has 10 heteroatoms. The maximum atomic E-state index is 14.6. The van der Waals surface area contributed by atoms with Crippen molar-refractivity contribution in [2.75, 3.05) is 44.8 Å². The van der Waals surface area contributed by atoms with Gasteiger partial charge in [-0.15, -0.1) is 0 Å². The highest BCUT2D eigenvalue weighted by atomic mass is 19.1. The quantitative estimate of drug-likeness (QED) is 0.424. The first kappa shape index (κ1) is 23.8. The fourth-order valence-electron chi connectivity index (χ4n) is 4.49. The van der Waals surface area contributed by atoms with E-state index in [1.54, 1.807) is 35.3 Å². The number of benzene rings is 1. The number of nitrogens with zero attached hydrogens (tertiary/aromatic N) is 7. The molecule has 0 bridgehead atoms. The molecule has 1 aromatic carbocycles. The normalized spacial score (nSPS) is 16.3. The summed E-state index contributed by atoms with van der Waals surface area (Å²) in [5.41, 5.74) is 1.59. The predicted molar refractivity (Wildman–Crippen MR) is 135 cm³/mol. The molecule has 9 nitrogen and oxygen atoms in total. The van der Waals surface area contributed by atoms with Crippen LogP contribution in [-0.2, 0) is 0 Å². The topological polar surface area (TPSA) is 92.4 Å². The summed E-state index contributed by atoms with van der Waals surface area (Å²) >= 11 is 0. The molecule has 0 amide bonds. The summed E-state index contributed by atoms with van der Waals surface area (Å²) in [5, 5.41) is 13.8. The monoisotopic (exact) mass is 489 g/mol. The molecule has 0 aliphatic carbocycles. The van der Waals surface area contributed by atoms with Gasteiger partial charge in [-0.25, -0.2) is 24.0 Å². The Bertz CT molecular complexity index is 1350. The number of ether oxygens (including phenoxy) is 1. The molecule has 186 valence electrons. The van der Waals surface area contributed by atoms with Gasteiger partial charge in [-0.05, 0) is 37.3 Å². The van der Waals surface area contributed by atoms with Crippen LogP contribution in [0.15, 0.2) is 61.1 Å². The van der Waals surface area contributed by atoms with Crippen LogP contribution < -0.4 is 9.64 Å². The second kappa shape index (κ2) is 10.4. The number of methoxy groups -OCH3 is 1. The SMILES string of the molecule is COc1cccc(F)c1-c1nccc(-c2cnn(-c3cccc(N4CCN(CCO)[C@@H](C)C4)n3)c2)n1. The molecule has 1 aliphatic rings. The fourth-order valence-corrected chi connectivity index (χ4v) is 4.49. The maximum Gasteiger partial charge on any atom is 0.166 e. The molecule has 1 aliphatic heterocycles. The Hall–Kier alpha value is -3.89. The number of anilines is 1. The molecule has 1 fully saturated rings. The van der Waals surface area contributed by atoms with E-state index >= 15 is 0 Å². The van der Waals surface area contributed by atoms with Crippen molar-refractivity contribution < 1.29 is 14.2 Å². The average Bonchev–Trinajstić information content (AvgIpc) is 3.40. The van der Waals surface area contributed by atoms with Crippen molar-refractivity contribution in [3.63, 3.8) is 0 Å². The number of hydrogen-bond acceptors (Lipinski definition) is 8. The number of halogens is 1. The van der Waals surface area contributed by atoms with Crippen LogP contribution in [0.4, 0.5) is 10.2 Å². The van der Waals surface area contributed by atoms with E-state index in [9.17, 15) is 9.50 Å². The largest absolute Gasteiger partial charge is 0.496 e. The number of piperazine rings is 1. The molecule has 36 heavy (non-hydrogen) atoms. The summed E-state index contributed by atoms with van der Waals surface area (Å²) in [5.74, 6) is 1.74. The van der Waals surface area contributed by atoms with Gasteiger partial charge in [-0.1, -0.05) is 12.1 Å². The average molecular weight is 490 g/mol. The van der Waals surface area contributed by atoms with Crippen molar-refractivity contribution >= 4 is 5.82 Å². The number of aliphatic hydroxyl groups is 1.